The molecule has 0 spiro atoms. The Bertz CT molecular complexity index is 1430. The topological polar surface area (TPSA) is 155 Å². The predicted molar refractivity (Wildman–Crippen MR) is 149 cm³/mol. The van der Waals surface area contributed by atoms with Crippen LogP contribution < -0.4 is 10.6 Å². The summed E-state index contributed by atoms with van der Waals surface area (Å²) in [7, 11) is 0. The zero-order valence-corrected chi connectivity index (χ0v) is 22.2. The summed E-state index contributed by atoms with van der Waals surface area (Å²) < 4.78 is 0. The summed E-state index contributed by atoms with van der Waals surface area (Å²) in [4.78, 5) is 42.0. The fourth-order valence-electron chi connectivity index (χ4n) is 5.13. The number of carbonyl (C=O) groups excluding carboxylic acids is 3. The highest BCUT2D eigenvalue weighted by atomic mass is 16.3. The first kappa shape index (κ1) is 28.2. The molecule has 0 radical (unpaired) electrons. The lowest BCUT2D eigenvalue weighted by Crippen LogP contribution is -2.46. The largest absolute Gasteiger partial charge is 0.494 e. The van der Waals surface area contributed by atoms with Gasteiger partial charge >= 0.3 is 0 Å². The fraction of sp³-hybridized carbons (Fsp3) is 0.290. The number of aromatic amines is 1. The maximum Gasteiger partial charge on any atom is 0.244 e. The summed E-state index contributed by atoms with van der Waals surface area (Å²) in [6, 6.07) is 16.4. The van der Waals surface area contributed by atoms with Crippen LogP contribution in [0.25, 0.3) is 6.08 Å². The van der Waals surface area contributed by atoms with E-state index >= 15 is 0 Å². The number of nitrogens with one attached hydrogen (secondary N) is 3. The number of aromatic hydroxyl groups is 2. The molecule has 2 amide bonds. The van der Waals surface area contributed by atoms with Gasteiger partial charge in [0.2, 0.25) is 17.7 Å². The highest BCUT2D eigenvalue weighted by Gasteiger charge is 2.36. The number of Topliss-reactive ketones (excluding diaryl/α,β-unsaturated/α-hetero) is 1. The van der Waals surface area contributed by atoms with E-state index in [0.29, 0.717) is 5.56 Å². The Kier molecular flexibility index (Phi) is 9.02. The zero-order chi connectivity index (χ0) is 28.6. The van der Waals surface area contributed by atoms with E-state index < -0.39 is 35.6 Å². The number of benzene rings is 2. The monoisotopic (exact) mass is 540 g/mol. The van der Waals surface area contributed by atoms with E-state index in [1.165, 1.54) is 13.0 Å². The molecule has 0 saturated heterocycles. The number of hydrogen-bond donors (Lipinski definition) is 5. The van der Waals surface area contributed by atoms with Crippen molar-refractivity contribution in [2.75, 3.05) is 0 Å². The summed E-state index contributed by atoms with van der Waals surface area (Å²) >= 11 is 0. The van der Waals surface area contributed by atoms with E-state index in [1.54, 1.807) is 30.3 Å². The van der Waals surface area contributed by atoms with Crippen molar-refractivity contribution in [1.29, 1.82) is 5.26 Å². The number of nitrogens with zero attached hydrogens (tertiary/aromatic N) is 1. The van der Waals surface area contributed by atoms with Crippen LogP contribution in [0.5, 0.6) is 11.8 Å². The first-order chi connectivity index (χ1) is 19.3. The third-order valence-corrected chi connectivity index (χ3v) is 7.30. The maximum absolute atomic E-state index is 13.5. The quantitative estimate of drug-likeness (QED) is 0.189. The normalized spacial score (nSPS) is 14.9. The molecular weight excluding hydrogens is 508 g/mol. The van der Waals surface area contributed by atoms with E-state index in [1.807, 2.05) is 36.4 Å². The summed E-state index contributed by atoms with van der Waals surface area (Å²) in [6.45, 7) is 1.53. The minimum Gasteiger partial charge on any atom is -0.494 e. The first-order valence-electron chi connectivity index (χ1n) is 13.2. The molecule has 9 heteroatoms. The molecule has 0 aliphatic heterocycles. The highest BCUT2D eigenvalue weighted by Crippen LogP contribution is 2.34. The fourth-order valence-corrected chi connectivity index (χ4v) is 5.13. The Hall–Kier alpha value is -4.84. The van der Waals surface area contributed by atoms with Gasteiger partial charge in [-0.15, -0.1) is 0 Å². The molecule has 1 aliphatic carbocycles. The van der Waals surface area contributed by atoms with Gasteiger partial charge in [-0.2, -0.15) is 5.26 Å². The molecule has 40 heavy (non-hydrogen) atoms. The smallest absolute Gasteiger partial charge is 0.244 e. The number of carbonyl (C=O) groups is 3. The molecule has 3 aromatic rings. The van der Waals surface area contributed by atoms with Gasteiger partial charge in [-0.05, 0) is 55.0 Å². The number of nitriles is 1. The second kappa shape index (κ2) is 12.8. The van der Waals surface area contributed by atoms with Crippen molar-refractivity contribution in [2.24, 2.45) is 5.92 Å². The molecule has 2 aromatic carbocycles. The van der Waals surface area contributed by atoms with Gasteiger partial charge in [0.1, 0.15) is 0 Å². The third-order valence-electron chi connectivity index (χ3n) is 7.30. The summed E-state index contributed by atoms with van der Waals surface area (Å²) in [6.07, 6.45) is 6.25. The predicted octanol–water partition coefficient (Wildman–Crippen LogP) is 4.42. The summed E-state index contributed by atoms with van der Waals surface area (Å²) in [5, 5.41) is 34.9. The molecule has 1 aliphatic rings. The molecule has 206 valence electrons. The Morgan fingerprint density at radius 2 is 1.70 bits per heavy atom. The van der Waals surface area contributed by atoms with Crippen LogP contribution in [-0.2, 0) is 9.59 Å². The van der Waals surface area contributed by atoms with Gasteiger partial charge in [-0.3, -0.25) is 19.4 Å². The van der Waals surface area contributed by atoms with Crippen LogP contribution in [0.1, 0.15) is 70.8 Å². The van der Waals surface area contributed by atoms with Gasteiger partial charge < -0.3 is 20.8 Å². The van der Waals surface area contributed by atoms with Crippen LogP contribution in [-0.4, -0.2) is 38.8 Å². The molecule has 1 fully saturated rings. The van der Waals surface area contributed by atoms with E-state index in [-0.39, 0.29) is 29.3 Å². The molecule has 2 atom stereocenters. The van der Waals surface area contributed by atoms with E-state index in [9.17, 15) is 24.6 Å². The average molecular weight is 541 g/mol. The average Bonchev–Trinajstić information content (AvgIpc) is 3.58. The van der Waals surface area contributed by atoms with Crippen molar-refractivity contribution in [2.45, 2.75) is 51.1 Å². The van der Waals surface area contributed by atoms with Crippen molar-refractivity contribution in [1.82, 2.24) is 15.6 Å². The summed E-state index contributed by atoms with van der Waals surface area (Å²) in [5.41, 5.74) is 2.18. The lowest BCUT2D eigenvalue weighted by Gasteiger charge is -2.25. The maximum atomic E-state index is 13.5. The lowest BCUT2D eigenvalue weighted by atomic mass is 9.90. The molecule has 5 N–H and O–H groups in total. The van der Waals surface area contributed by atoms with Crippen molar-refractivity contribution in [3.63, 3.8) is 0 Å². The van der Waals surface area contributed by atoms with Crippen molar-refractivity contribution >= 4 is 23.7 Å². The Morgan fingerprint density at radius 3 is 2.30 bits per heavy atom. The Morgan fingerprint density at radius 1 is 1.02 bits per heavy atom. The zero-order valence-electron chi connectivity index (χ0n) is 22.2. The molecule has 1 aromatic heterocycles. The molecule has 0 unspecified atom stereocenters. The van der Waals surface area contributed by atoms with Gasteiger partial charge in [0, 0.05) is 11.6 Å². The number of ketones is 1. The minimum atomic E-state index is -0.877. The minimum absolute atomic E-state index is 0.0319. The standard InChI is InChI=1S/C31H32N4O5/c1-19-27(31(40)35-30(19)39)29(38)28(23-9-5-6-10-23)34-26(37)17-24(22-7-3-2-4-8-22)33-25(36)16-15-20-11-13-21(18-32)14-12-20/h2-4,7-8,11-16,23-24,28,35,39-40H,5-6,9-10,17H2,1H3,(H,33,36)(H,34,37)/t24-,28-/m0/s1. The van der Waals surface area contributed by atoms with E-state index in [4.69, 9.17) is 5.26 Å². The number of amides is 2. The highest BCUT2D eigenvalue weighted by molar-refractivity contribution is 6.05. The van der Waals surface area contributed by atoms with Gasteiger partial charge in [-0.1, -0.05) is 55.3 Å². The molecule has 9 nitrogen and oxygen atoms in total. The van der Waals surface area contributed by atoms with Crippen molar-refractivity contribution in [3.8, 4) is 17.8 Å². The summed E-state index contributed by atoms with van der Waals surface area (Å²) in [5.74, 6) is -2.12. The second-order valence-electron chi connectivity index (χ2n) is 10.0. The lowest BCUT2D eigenvalue weighted by molar-refractivity contribution is -0.123. The SMILES string of the molecule is Cc1c(O)[nH]c(O)c1C(=O)[C@@H](NC(=O)C[C@H](NC(=O)C=Cc1ccc(C#N)cc1)c1ccccc1)C1CCCC1. The van der Waals surface area contributed by atoms with Gasteiger partial charge in [0.25, 0.3) is 0 Å². The van der Waals surface area contributed by atoms with Crippen LogP contribution in [0.2, 0.25) is 0 Å². The molecule has 1 saturated carbocycles. The van der Waals surface area contributed by atoms with E-state index in [2.05, 4.69) is 15.6 Å². The van der Waals surface area contributed by atoms with Crippen LogP contribution in [0, 0.1) is 24.2 Å². The Balaban J connectivity index is 1.50. The molecule has 4 rings (SSSR count). The van der Waals surface area contributed by atoms with Crippen LogP contribution >= 0.6 is 0 Å². The molecule has 1 heterocycles. The third kappa shape index (κ3) is 6.77. The number of aromatic nitrogens is 1. The first-order valence-corrected chi connectivity index (χ1v) is 13.2. The van der Waals surface area contributed by atoms with Gasteiger partial charge in [0.15, 0.2) is 11.7 Å². The van der Waals surface area contributed by atoms with Crippen LogP contribution in [0.3, 0.4) is 0 Å². The number of H-pyrrole nitrogens is 1. The number of rotatable bonds is 10. The number of hydrogen-bond acceptors (Lipinski definition) is 6. The molecular formula is C31H32N4O5. The van der Waals surface area contributed by atoms with Crippen molar-refractivity contribution < 1.29 is 24.6 Å². The van der Waals surface area contributed by atoms with Crippen LogP contribution in [0.4, 0.5) is 0 Å². The van der Waals surface area contributed by atoms with Crippen LogP contribution in [0.15, 0.2) is 60.7 Å². The van der Waals surface area contributed by atoms with E-state index in [0.717, 1.165) is 36.8 Å². The van der Waals surface area contributed by atoms with Gasteiger partial charge in [-0.25, -0.2) is 0 Å². The Labute approximate surface area is 232 Å². The second-order valence-corrected chi connectivity index (χ2v) is 10.0. The van der Waals surface area contributed by atoms with Crippen molar-refractivity contribution in [3.05, 3.63) is 88.5 Å². The van der Waals surface area contributed by atoms with Gasteiger partial charge in [0.05, 0.1) is 35.7 Å². The molecule has 0 bridgehead atoms.